The maximum atomic E-state index is 12.2. The molecule has 0 aromatic heterocycles. The third kappa shape index (κ3) is 2.45. The molecular formula is C16H15NO3. The summed E-state index contributed by atoms with van der Waals surface area (Å²) in [6, 6.07) is 14.0. The van der Waals surface area contributed by atoms with Gasteiger partial charge in [0, 0.05) is 17.5 Å². The first kappa shape index (κ1) is 12.5. The summed E-state index contributed by atoms with van der Waals surface area (Å²) < 4.78 is 5.57. The molecule has 1 aliphatic rings. The van der Waals surface area contributed by atoms with Crippen molar-refractivity contribution in [2.24, 2.45) is 0 Å². The summed E-state index contributed by atoms with van der Waals surface area (Å²) in [6.07, 6.45) is 0.738. The van der Waals surface area contributed by atoms with Crippen LogP contribution >= 0.6 is 0 Å². The maximum Gasteiger partial charge on any atom is 0.251 e. The molecule has 1 aliphatic heterocycles. The Bertz CT molecular complexity index is 639. The zero-order chi connectivity index (χ0) is 13.9. The molecule has 102 valence electrons. The molecule has 1 amide bonds. The molecular weight excluding hydrogens is 254 g/mol. The predicted octanol–water partition coefficient (Wildman–Crippen LogP) is 2.65. The average Bonchev–Trinajstić information content (AvgIpc) is 2.47. The topological polar surface area (TPSA) is 58.6 Å². The van der Waals surface area contributed by atoms with Crippen LogP contribution in [0.5, 0.6) is 11.5 Å². The van der Waals surface area contributed by atoms with Crippen molar-refractivity contribution in [3.8, 4) is 11.5 Å². The molecule has 0 saturated carbocycles. The molecule has 0 bridgehead atoms. The lowest BCUT2D eigenvalue weighted by atomic mass is 10.00. The smallest absolute Gasteiger partial charge is 0.251 e. The molecule has 0 saturated heterocycles. The number of phenols is 1. The van der Waals surface area contributed by atoms with E-state index in [4.69, 9.17) is 4.74 Å². The highest BCUT2D eigenvalue weighted by molar-refractivity contribution is 5.94. The Balaban J connectivity index is 1.81. The van der Waals surface area contributed by atoms with Gasteiger partial charge in [-0.05, 0) is 24.3 Å². The quantitative estimate of drug-likeness (QED) is 0.881. The lowest BCUT2D eigenvalue weighted by Crippen LogP contribution is -2.32. The molecule has 1 atom stereocenters. The number of benzene rings is 2. The Morgan fingerprint density at radius 3 is 2.90 bits per heavy atom. The first-order chi connectivity index (χ1) is 9.74. The fourth-order valence-electron chi connectivity index (χ4n) is 2.38. The highest BCUT2D eigenvalue weighted by Crippen LogP contribution is 2.31. The number of phenolic OH excluding ortho intramolecular Hbond substituents is 1. The Labute approximate surface area is 117 Å². The van der Waals surface area contributed by atoms with Gasteiger partial charge in [-0.25, -0.2) is 0 Å². The van der Waals surface area contributed by atoms with E-state index in [1.54, 1.807) is 18.2 Å². The number of fused-ring (bicyclic) bond motifs is 1. The van der Waals surface area contributed by atoms with Gasteiger partial charge >= 0.3 is 0 Å². The summed E-state index contributed by atoms with van der Waals surface area (Å²) in [5.41, 5.74) is 1.45. The van der Waals surface area contributed by atoms with Crippen molar-refractivity contribution in [1.82, 2.24) is 5.32 Å². The molecule has 0 aliphatic carbocycles. The fourth-order valence-corrected chi connectivity index (χ4v) is 2.38. The van der Waals surface area contributed by atoms with Crippen LogP contribution in [-0.2, 0) is 0 Å². The maximum absolute atomic E-state index is 12.2. The second-order valence-corrected chi connectivity index (χ2v) is 4.75. The second-order valence-electron chi connectivity index (χ2n) is 4.75. The van der Waals surface area contributed by atoms with Crippen LogP contribution in [0.15, 0.2) is 48.5 Å². The monoisotopic (exact) mass is 269 g/mol. The molecule has 0 radical (unpaired) electrons. The van der Waals surface area contributed by atoms with Crippen molar-refractivity contribution in [2.45, 2.75) is 12.5 Å². The molecule has 2 aromatic rings. The minimum Gasteiger partial charge on any atom is -0.508 e. The van der Waals surface area contributed by atoms with Crippen molar-refractivity contribution in [2.75, 3.05) is 6.61 Å². The first-order valence-electron chi connectivity index (χ1n) is 6.55. The molecule has 0 fully saturated rings. The van der Waals surface area contributed by atoms with E-state index in [1.807, 2.05) is 24.3 Å². The van der Waals surface area contributed by atoms with E-state index < -0.39 is 0 Å². The van der Waals surface area contributed by atoms with Crippen LogP contribution in [0.2, 0.25) is 0 Å². The van der Waals surface area contributed by atoms with Crippen molar-refractivity contribution >= 4 is 5.91 Å². The van der Waals surface area contributed by atoms with Gasteiger partial charge in [-0.1, -0.05) is 24.3 Å². The van der Waals surface area contributed by atoms with Crippen LogP contribution in [0.3, 0.4) is 0 Å². The van der Waals surface area contributed by atoms with Crippen LogP contribution in [-0.4, -0.2) is 17.6 Å². The minimum atomic E-state index is -0.192. The van der Waals surface area contributed by atoms with Crippen LogP contribution in [0.1, 0.15) is 28.4 Å². The molecule has 20 heavy (non-hydrogen) atoms. The van der Waals surface area contributed by atoms with Crippen molar-refractivity contribution < 1.29 is 14.6 Å². The Morgan fingerprint density at radius 1 is 1.20 bits per heavy atom. The number of nitrogens with one attached hydrogen (secondary N) is 1. The summed E-state index contributed by atoms with van der Waals surface area (Å²) in [7, 11) is 0. The highest BCUT2D eigenvalue weighted by atomic mass is 16.5. The second kappa shape index (κ2) is 5.25. The van der Waals surface area contributed by atoms with E-state index in [0.717, 1.165) is 17.7 Å². The normalized spacial score (nSPS) is 16.9. The van der Waals surface area contributed by atoms with Gasteiger partial charge in [0.1, 0.15) is 11.5 Å². The molecule has 4 heteroatoms. The number of rotatable bonds is 2. The Morgan fingerprint density at radius 2 is 2.05 bits per heavy atom. The summed E-state index contributed by atoms with van der Waals surface area (Å²) in [5, 5.41) is 12.4. The third-order valence-electron chi connectivity index (χ3n) is 3.37. The van der Waals surface area contributed by atoms with E-state index in [1.165, 1.54) is 6.07 Å². The number of carbonyl (C=O) groups excluding carboxylic acids is 1. The van der Waals surface area contributed by atoms with E-state index in [-0.39, 0.29) is 17.7 Å². The van der Waals surface area contributed by atoms with E-state index in [0.29, 0.717) is 12.2 Å². The summed E-state index contributed by atoms with van der Waals surface area (Å²) in [5.74, 6) is 0.715. The van der Waals surface area contributed by atoms with Crippen LogP contribution in [0, 0.1) is 0 Å². The number of amides is 1. The van der Waals surface area contributed by atoms with E-state index >= 15 is 0 Å². The molecule has 2 aromatic carbocycles. The first-order valence-corrected chi connectivity index (χ1v) is 6.55. The van der Waals surface area contributed by atoms with Gasteiger partial charge in [0.15, 0.2) is 0 Å². The molecule has 1 heterocycles. The number of hydrogen-bond donors (Lipinski definition) is 2. The van der Waals surface area contributed by atoms with Gasteiger partial charge in [-0.3, -0.25) is 4.79 Å². The van der Waals surface area contributed by atoms with Crippen LogP contribution in [0.4, 0.5) is 0 Å². The molecule has 2 N–H and O–H groups in total. The van der Waals surface area contributed by atoms with Crippen LogP contribution < -0.4 is 10.1 Å². The number of hydrogen-bond acceptors (Lipinski definition) is 3. The SMILES string of the molecule is O=C(NC1CCOc2ccccc21)c1cccc(O)c1. The fraction of sp³-hybridized carbons (Fsp3) is 0.188. The summed E-state index contributed by atoms with van der Waals surface area (Å²) in [4.78, 5) is 12.2. The van der Waals surface area contributed by atoms with Gasteiger partial charge < -0.3 is 15.2 Å². The number of aromatic hydroxyl groups is 1. The molecule has 4 nitrogen and oxygen atoms in total. The van der Waals surface area contributed by atoms with E-state index in [2.05, 4.69) is 5.32 Å². The lowest BCUT2D eigenvalue weighted by molar-refractivity contribution is 0.0924. The van der Waals surface area contributed by atoms with Gasteiger partial charge in [0.2, 0.25) is 0 Å². The van der Waals surface area contributed by atoms with Crippen molar-refractivity contribution in [3.63, 3.8) is 0 Å². The molecule has 3 rings (SSSR count). The largest absolute Gasteiger partial charge is 0.508 e. The third-order valence-corrected chi connectivity index (χ3v) is 3.37. The van der Waals surface area contributed by atoms with Gasteiger partial charge in [0.05, 0.1) is 12.6 Å². The molecule has 0 spiro atoms. The number of para-hydroxylation sites is 1. The van der Waals surface area contributed by atoms with Crippen molar-refractivity contribution in [3.05, 3.63) is 59.7 Å². The average molecular weight is 269 g/mol. The minimum absolute atomic E-state index is 0.0604. The van der Waals surface area contributed by atoms with Crippen molar-refractivity contribution in [1.29, 1.82) is 0 Å². The van der Waals surface area contributed by atoms with E-state index in [9.17, 15) is 9.90 Å². The van der Waals surface area contributed by atoms with Gasteiger partial charge in [0.25, 0.3) is 5.91 Å². The summed E-state index contributed by atoms with van der Waals surface area (Å²) in [6.45, 7) is 0.585. The van der Waals surface area contributed by atoms with Crippen LogP contribution in [0.25, 0.3) is 0 Å². The number of ether oxygens (including phenoxy) is 1. The zero-order valence-electron chi connectivity index (χ0n) is 10.9. The predicted molar refractivity (Wildman–Crippen MR) is 74.9 cm³/mol. The lowest BCUT2D eigenvalue weighted by Gasteiger charge is -2.26. The summed E-state index contributed by atoms with van der Waals surface area (Å²) >= 11 is 0. The Hall–Kier alpha value is -2.49. The zero-order valence-corrected chi connectivity index (χ0v) is 10.9. The Kier molecular flexibility index (Phi) is 3.29. The number of carbonyl (C=O) groups is 1. The standard InChI is InChI=1S/C16H15NO3/c18-12-5-3-4-11(10-12)16(19)17-14-8-9-20-15-7-2-1-6-13(14)15/h1-7,10,14,18H,8-9H2,(H,17,19). The van der Waals surface area contributed by atoms with Gasteiger partial charge in [-0.2, -0.15) is 0 Å². The highest BCUT2D eigenvalue weighted by Gasteiger charge is 2.23. The molecule has 1 unspecified atom stereocenters. The van der Waals surface area contributed by atoms with Gasteiger partial charge in [-0.15, -0.1) is 0 Å².